The van der Waals surface area contributed by atoms with E-state index in [4.69, 9.17) is 21.2 Å². The van der Waals surface area contributed by atoms with Crippen LogP contribution in [0.15, 0.2) is 42.5 Å². The van der Waals surface area contributed by atoms with Crippen molar-refractivity contribution < 1.29 is 24.0 Å². The molecule has 0 radical (unpaired) electrons. The van der Waals surface area contributed by atoms with Crippen molar-refractivity contribution in [3.63, 3.8) is 0 Å². The van der Waals surface area contributed by atoms with Crippen LogP contribution in [0.1, 0.15) is 38.3 Å². The topological polar surface area (TPSA) is 81.7 Å². The van der Waals surface area contributed by atoms with Gasteiger partial charge in [-0.15, -0.1) is 0 Å². The summed E-state index contributed by atoms with van der Waals surface area (Å²) in [5.74, 6) is -4.02. The zero-order valence-electron chi connectivity index (χ0n) is 13.7. The van der Waals surface area contributed by atoms with Crippen LogP contribution in [-0.4, -0.2) is 17.7 Å². The standard InChI is InChI=1S/C19H14ClNO5/c1-10-6-7-11(8-15(10)20)16(22)9-14-17(23)21-26-19(14)13-5-3-2-4-12(13)18(24)25-19/h2-8,14H,9H2,1H3,(H,21,23). The number of benzene rings is 2. The van der Waals surface area contributed by atoms with E-state index in [1.54, 1.807) is 42.5 Å². The fourth-order valence-corrected chi connectivity index (χ4v) is 3.47. The highest BCUT2D eigenvalue weighted by molar-refractivity contribution is 6.31. The summed E-state index contributed by atoms with van der Waals surface area (Å²) in [6, 6.07) is 11.6. The zero-order chi connectivity index (χ0) is 18.5. The van der Waals surface area contributed by atoms with E-state index in [9.17, 15) is 14.4 Å². The summed E-state index contributed by atoms with van der Waals surface area (Å²) >= 11 is 6.08. The van der Waals surface area contributed by atoms with Gasteiger partial charge in [-0.05, 0) is 24.6 Å². The second-order valence-corrected chi connectivity index (χ2v) is 6.72. The average molecular weight is 372 g/mol. The number of ketones is 1. The summed E-state index contributed by atoms with van der Waals surface area (Å²) in [6.07, 6.45) is -0.188. The minimum Gasteiger partial charge on any atom is -0.422 e. The van der Waals surface area contributed by atoms with E-state index in [0.717, 1.165) is 5.56 Å². The van der Waals surface area contributed by atoms with Gasteiger partial charge in [-0.25, -0.2) is 15.1 Å². The molecule has 1 saturated heterocycles. The van der Waals surface area contributed by atoms with Crippen molar-refractivity contribution in [3.8, 4) is 0 Å². The Kier molecular flexibility index (Phi) is 3.82. The molecule has 2 heterocycles. The van der Waals surface area contributed by atoms with Crippen LogP contribution in [0, 0.1) is 12.8 Å². The Hall–Kier alpha value is -2.70. The van der Waals surface area contributed by atoms with E-state index in [0.29, 0.717) is 21.7 Å². The van der Waals surface area contributed by atoms with Gasteiger partial charge in [0.25, 0.3) is 11.7 Å². The van der Waals surface area contributed by atoms with Crippen LogP contribution in [0.3, 0.4) is 0 Å². The molecule has 1 N–H and O–H groups in total. The fourth-order valence-electron chi connectivity index (χ4n) is 3.28. The monoisotopic (exact) mass is 371 g/mol. The van der Waals surface area contributed by atoms with E-state index in [1.165, 1.54) is 0 Å². The number of aryl methyl sites for hydroxylation is 1. The van der Waals surface area contributed by atoms with Crippen molar-refractivity contribution in [1.29, 1.82) is 0 Å². The number of ether oxygens (including phenoxy) is 1. The first-order valence-corrected chi connectivity index (χ1v) is 8.40. The number of esters is 1. The molecule has 0 aliphatic carbocycles. The number of hydrogen-bond donors (Lipinski definition) is 1. The fraction of sp³-hybridized carbons (Fsp3) is 0.211. The third kappa shape index (κ3) is 2.41. The summed E-state index contributed by atoms with van der Waals surface area (Å²) in [7, 11) is 0. The maximum Gasteiger partial charge on any atom is 0.341 e. The predicted molar refractivity (Wildman–Crippen MR) is 91.4 cm³/mol. The number of nitrogens with one attached hydrogen (secondary N) is 1. The normalized spacial score (nSPS) is 23.7. The highest BCUT2D eigenvalue weighted by atomic mass is 35.5. The van der Waals surface area contributed by atoms with Crippen LogP contribution in [0.25, 0.3) is 0 Å². The quantitative estimate of drug-likeness (QED) is 0.662. The lowest BCUT2D eigenvalue weighted by atomic mass is 9.86. The Labute approximate surface area is 154 Å². The molecule has 2 aliphatic rings. The third-order valence-electron chi connectivity index (χ3n) is 4.73. The Morgan fingerprint density at radius 1 is 1.23 bits per heavy atom. The number of Topliss-reactive ketones (excluding diaryl/α,β-unsaturated/α-hetero) is 1. The predicted octanol–water partition coefficient (Wildman–Crippen LogP) is 2.92. The molecule has 0 aromatic heterocycles. The van der Waals surface area contributed by atoms with Crippen molar-refractivity contribution >= 4 is 29.3 Å². The SMILES string of the molecule is Cc1ccc(C(=O)CC2C(=O)NOC23OC(=O)c2ccccc23)cc1Cl. The molecule has 2 atom stereocenters. The van der Waals surface area contributed by atoms with Crippen LogP contribution in [0.5, 0.6) is 0 Å². The molecule has 2 aliphatic heterocycles. The summed E-state index contributed by atoms with van der Waals surface area (Å²) in [4.78, 5) is 42.6. The van der Waals surface area contributed by atoms with Crippen LogP contribution >= 0.6 is 11.6 Å². The number of hydroxylamine groups is 1. The van der Waals surface area contributed by atoms with Gasteiger partial charge in [0.1, 0.15) is 5.92 Å². The molecule has 26 heavy (non-hydrogen) atoms. The number of rotatable bonds is 3. The van der Waals surface area contributed by atoms with E-state index >= 15 is 0 Å². The van der Waals surface area contributed by atoms with Crippen molar-refractivity contribution in [2.24, 2.45) is 5.92 Å². The zero-order valence-corrected chi connectivity index (χ0v) is 14.5. The number of hydrogen-bond acceptors (Lipinski definition) is 5. The van der Waals surface area contributed by atoms with Gasteiger partial charge >= 0.3 is 5.97 Å². The van der Waals surface area contributed by atoms with Gasteiger partial charge in [0.05, 0.1) is 5.56 Å². The molecule has 2 unspecified atom stereocenters. The first-order chi connectivity index (χ1) is 12.4. The number of carbonyl (C=O) groups excluding carboxylic acids is 3. The van der Waals surface area contributed by atoms with Gasteiger partial charge in [-0.1, -0.05) is 41.9 Å². The molecule has 1 fully saturated rings. The minimum atomic E-state index is -1.63. The lowest BCUT2D eigenvalue weighted by Crippen LogP contribution is -2.36. The lowest BCUT2D eigenvalue weighted by molar-refractivity contribution is -0.219. The summed E-state index contributed by atoms with van der Waals surface area (Å²) in [6.45, 7) is 1.83. The maximum absolute atomic E-state index is 12.7. The largest absolute Gasteiger partial charge is 0.422 e. The molecule has 0 saturated carbocycles. The molecule has 1 amide bonds. The van der Waals surface area contributed by atoms with Crippen LogP contribution in [0.4, 0.5) is 0 Å². The summed E-state index contributed by atoms with van der Waals surface area (Å²) in [5, 5.41) is 0.468. The molecular formula is C19H14ClNO5. The van der Waals surface area contributed by atoms with Crippen LogP contribution in [-0.2, 0) is 20.2 Å². The number of amides is 1. The second-order valence-electron chi connectivity index (χ2n) is 6.31. The van der Waals surface area contributed by atoms with Crippen LogP contribution < -0.4 is 5.48 Å². The molecule has 0 bridgehead atoms. The van der Waals surface area contributed by atoms with Crippen molar-refractivity contribution in [1.82, 2.24) is 5.48 Å². The second kappa shape index (κ2) is 5.93. The molecule has 2 aromatic carbocycles. The molecule has 7 heteroatoms. The first kappa shape index (κ1) is 16.8. The van der Waals surface area contributed by atoms with Gasteiger partial charge in [0, 0.05) is 22.6 Å². The molecule has 1 spiro atoms. The van der Waals surface area contributed by atoms with E-state index in [2.05, 4.69) is 5.48 Å². The maximum atomic E-state index is 12.7. The lowest BCUT2D eigenvalue weighted by Gasteiger charge is -2.25. The summed E-state index contributed by atoms with van der Waals surface area (Å²) < 4.78 is 5.42. The molecule has 6 nitrogen and oxygen atoms in total. The molecule has 4 rings (SSSR count). The third-order valence-corrected chi connectivity index (χ3v) is 5.14. The number of halogens is 1. The molecule has 132 valence electrons. The van der Waals surface area contributed by atoms with E-state index in [1.807, 2.05) is 6.92 Å². The van der Waals surface area contributed by atoms with Gasteiger partial charge in [0.2, 0.25) is 0 Å². The van der Waals surface area contributed by atoms with Gasteiger partial charge in [-0.3, -0.25) is 9.59 Å². The number of carbonyl (C=O) groups is 3. The van der Waals surface area contributed by atoms with Crippen molar-refractivity contribution in [3.05, 3.63) is 69.7 Å². The Balaban J connectivity index is 1.69. The summed E-state index contributed by atoms with van der Waals surface area (Å²) in [5.41, 5.74) is 4.23. The highest BCUT2D eigenvalue weighted by Gasteiger charge is 2.60. The van der Waals surface area contributed by atoms with Crippen molar-refractivity contribution in [2.75, 3.05) is 0 Å². The molecular weight excluding hydrogens is 358 g/mol. The molecule has 2 aromatic rings. The smallest absolute Gasteiger partial charge is 0.341 e. The van der Waals surface area contributed by atoms with E-state index in [-0.39, 0.29) is 12.2 Å². The first-order valence-electron chi connectivity index (χ1n) is 8.02. The average Bonchev–Trinajstić information content (AvgIpc) is 3.09. The Bertz CT molecular complexity index is 957. The Morgan fingerprint density at radius 3 is 2.77 bits per heavy atom. The van der Waals surface area contributed by atoms with Gasteiger partial charge < -0.3 is 4.74 Å². The van der Waals surface area contributed by atoms with E-state index < -0.39 is 23.6 Å². The highest BCUT2D eigenvalue weighted by Crippen LogP contribution is 2.47. The van der Waals surface area contributed by atoms with Crippen molar-refractivity contribution in [2.45, 2.75) is 19.1 Å². The number of fused-ring (bicyclic) bond motifs is 2. The minimum absolute atomic E-state index is 0.188. The van der Waals surface area contributed by atoms with Crippen LogP contribution in [0.2, 0.25) is 5.02 Å². The van der Waals surface area contributed by atoms with Gasteiger partial charge in [-0.2, -0.15) is 0 Å². The Morgan fingerprint density at radius 2 is 2.00 bits per heavy atom. The van der Waals surface area contributed by atoms with Gasteiger partial charge in [0.15, 0.2) is 5.78 Å².